The summed E-state index contributed by atoms with van der Waals surface area (Å²) >= 11 is 1.33. The van der Waals surface area contributed by atoms with E-state index >= 15 is 0 Å². The van der Waals surface area contributed by atoms with Crippen LogP contribution in [0.2, 0.25) is 0 Å². The lowest BCUT2D eigenvalue weighted by atomic mass is 9.79. The fourth-order valence-electron chi connectivity index (χ4n) is 3.03. The zero-order valence-corrected chi connectivity index (χ0v) is 13.9. The highest BCUT2D eigenvalue weighted by Crippen LogP contribution is 2.34. The number of carbonyl (C=O) groups is 3. The Morgan fingerprint density at radius 3 is 2.52 bits per heavy atom. The number of carboxylic acids is 1. The van der Waals surface area contributed by atoms with Crippen molar-refractivity contribution in [1.29, 1.82) is 0 Å². The molecule has 0 bridgehead atoms. The summed E-state index contributed by atoms with van der Waals surface area (Å²) in [4.78, 5) is 36.4. The van der Waals surface area contributed by atoms with E-state index in [1.54, 1.807) is 6.07 Å². The van der Waals surface area contributed by atoms with Gasteiger partial charge < -0.3 is 16.2 Å². The highest BCUT2D eigenvalue weighted by atomic mass is 32.1. The van der Waals surface area contributed by atoms with Gasteiger partial charge in [-0.25, -0.2) is 0 Å². The number of nitrogens with two attached hydrogens (primary N) is 1. The van der Waals surface area contributed by atoms with Crippen LogP contribution in [0, 0.1) is 11.8 Å². The Bertz CT molecular complexity index is 611. The number of carboxylic acid groups (broad SMARTS) is 1. The fourth-order valence-corrected chi connectivity index (χ4v) is 4.20. The SMILES string of the molecule is CCCc1cc(C(N)=O)c(NC(=O)[C@@H]2CCCC[C@@H]2C(=O)O)s1. The molecule has 1 saturated carbocycles. The number of aliphatic carboxylic acids is 1. The zero-order chi connectivity index (χ0) is 17.0. The second-order valence-corrected chi connectivity index (χ2v) is 7.03. The van der Waals surface area contributed by atoms with Gasteiger partial charge in [0, 0.05) is 4.88 Å². The van der Waals surface area contributed by atoms with E-state index in [-0.39, 0.29) is 5.91 Å². The summed E-state index contributed by atoms with van der Waals surface area (Å²) in [5.74, 6) is -3.06. The summed E-state index contributed by atoms with van der Waals surface area (Å²) in [6, 6.07) is 1.71. The molecular formula is C16H22N2O4S. The zero-order valence-electron chi connectivity index (χ0n) is 13.1. The maximum absolute atomic E-state index is 12.5. The first-order valence-electron chi connectivity index (χ1n) is 7.90. The lowest BCUT2D eigenvalue weighted by Gasteiger charge is -2.27. The molecule has 1 fully saturated rings. The van der Waals surface area contributed by atoms with Crippen LogP contribution < -0.4 is 11.1 Å². The number of aryl methyl sites for hydroxylation is 1. The van der Waals surface area contributed by atoms with E-state index in [1.807, 2.05) is 6.92 Å². The standard InChI is InChI=1S/C16H22N2O4S/c1-2-5-9-8-12(13(17)19)15(23-9)18-14(20)10-6-3-4-7-11(10)16(21)22/h8,10-11H,2-7H2,1H3,(H2,17,19)(H,18,20)(H,21,22)/t10-,11+/m1/s1. The minimum absolute atomic E-state index is 0.300. The van der Waals surface area contributed by atoms with Gasteiger partial charge in [-0.15, -0.1) is 11.3 Å². The summed E-state index contributed by atoms with van der Waals surface area (Å²) in [7, 11) is 0. The van der Waals surface area contributed by atoms with Crippen LogP contribution in [0.15, 0.2) is 6.07 Å². The molecule has 1 aliphatic carbocycles. The number of thiophene rings is 1. The lowest BCUT2D eigenvalue weighted by Crippen LogP contribution is -2.36. The molecule has 0 spiro atoms. The van der Waals surface area contributed by atoms with Crippen LogP contribution in [0.5, 0.6) is 0 Å². The van der Waals surface area contributed by atoms with Crippen molar-refractivity contribution in [3.05, 3.63) is 16.5 Å². The molecule has 1 heterocycles. The number of amides is 2. The molecule has 1 aliphatic rings. The van der Waals surface area contributed by atoms with Gasteiger partial charge in [0.1, 0.15) is 5.00 Å². The van der Waals surface area contributed by atoms with E-state index in [1.165, 1.54) is 11.3 Å². The Morgan fingerprint density at radius 1 is 1.30 bits per heavy atom. The van der Waals surface area contributed by atoms with Crippen molar-refractivity contribution in [1.82, 2.24) is 0 Å². The van der Waals surface area contributed by atoms with Crippen LogP contribution in [-0.4, -0.2) is 22.9 Å². The minimum Gasteiger partial charge on any atom is -0.481 e. The third-order valence-electron chi connectivity index (χ3n) is 4.20. The van der Waals surface area contributed by atoms with Crippen molar-refractivity contribution in [2.75, 3.05) is 5.32 Å². The van der Waals surface area contributed by atoms with E-state index < -0.39 is 23.7 Å². The quantitative estimate of drug-likeness (QED) is 0.740. The highest BCUT2D eigenvalue weighted by molar-refractivity contribution is 7.16. The number of nitrogens with one attached hydrogen (secondary N) is 1. The van der Waals surface area contributed by atoms with Crippen LogP contribution in [-0.2, 0) is 16.0 Å². The van der Waals surface area contributed by atoms with Gasteiger partial charge in [-0.2, -0.15) is 0 Å². The molecule has 1 aromatic rings. The molecule has 1 aromatic heterocycles. The predicted molar refractivity (Wildman–Crippen MR) is 88.5 cm³/mol. The number of hydrogen-bond donors (Lipinski definition) is 3. The van der Waals surface area contributed by atoms with Crippen LogP contribution >= 0.6 is 11.3 Å². The van der Waals surface area contributed by atoms with E-state index in [2.05, 4.69) is 5.32 Å². The van der Waals surface area contributed by atoms with E-state index in [0.29, 0.717) is 23.4 Å². The maximum Gasteiger partial charge on any atom is 0.307 e. The molecule has 0 aliphatic heterocycles. The second kappa shape index (κ2) is 7.59. The third-order valence-corrected chi connectivity index (χ3v) is 5.31. The maximum atomic E-state index is 12.5. The number of anilines is 1. The topological polar surface area (TPSA) is 109 Å². The van der Waals surface area contributed by atoms with Crippen molar-refractivity contribution in [2.24, 2.45) is 17.6 Å². The van der Waals surface area contributed by atoms with Crippen LogP contribution in [0.25, 0.3) is 0 Å². The first-order valence-corrected chi connectivity index (χ1v) is 8.71. The molecule has 6 nitrogen and oxygen atoms in total. The monoisotopic (exact) mass is 338 g/mol. The average Bonchev–Trinajstić information content (AvgIpc) is 2.90. The van der Waals surface area contributed by atoms with Crippen LogP contribution in [0.3, 0.4) is 0 Å². The summed E-state index contributed by atoms with van der Waals surface area (Å²) in [5, 5.41) is 12.5. The summed E-state index contributed by atoms with van der Waals surface area (Å²) in [6.07, 6.45) is 4.48. The molecule has 2 amide bonds. The summed E-state index contributed by atoms with van der Waals surface area (Å²) in [6.45, 7) is 2.03. The molecule has 0 unspecified atom stereocenters. The predicted octanol–water partition coefficient (Wildman–Crippen LogP) is 2.63. The van der Waals surface area contributed by atoms with Crippen molar-refractivity contribution < 1.29 is 19.5 Å². The minimum atomic E-state index is -0.933. The van der Waals surface area contributed by atoms with Gasteiger partial charge in [0.25, 0.3) is 5.91 Å². The van der Waals surface area contributed by atoms with Crippen molar-refractivity contribution in [2.45, 2.75) is 45.4 Å². The smallest absolute Gasteiger partial charge is 0.307 e. The van der Waals surface area contributed by atoms with E-state index in [0.717, 1.165) is 30.6 Å². The lowest BCUT2D eigenvalue weighted by molar-refractivity contribution is -0.147. The van der Waals surface area contributed by atoms with Crippen LogP contribution in [0.4, 0.5) is 5.00 Å². The first kappa shape index (κ1) is 17.5. The Morgan fingerprint density at radius 2 is 1.96 bits per heavy atom. The van der Waals surface area contributed by atoms with Gasteiger partial charge in [0.05, 0.1) is 17.4 Å². The van der Waals surface area contributed by atoms with Gasteiger partial charge in [-0.1, -0.05) is 26.2 Å². The molecular weight excluding hydrogens is 316 g/mol. The fraction of sp³-hybridized carbons (Fsp3) is 0.562. The van der Waals surface area contributed by atoms with Gasteiger partial charge in [-0.05, 0) is 25.3 Å². The molecule has 0 aromatic carbocycles. The van der Waals surface area contributed by atoms with Crippen molar-refractivity contribution in [3.63, 3.8) is 0 Å². The number of carbonyl (C=O) groups excluding carboxylic acids is 2. The van der Waals surface area contributed by atoms with Gasteiger partial charge in [0.2, 0.25) is 5.91 Å². The van der Waals surface area contributed by atoms with Gasteiger partial charge in [-0.3, -0.25) is 14.4 Å². The molecule has 2 rings (SSSR count). The average molecular weight is 338 g/mol. The molecule has 0 radical (unpaired) electrons. The molecule has 23 heavy (non-hydrogen) atoms. The molecule has 4 N–H and O–H groups in total. The summed E-state index contributed by atoms with van der Waals surface area (Å²) < 4.78 is 0. The highest BCUT2D eigenvalue weighted by Gasteiger charge is 2.36. The molecule has 2 atom stereocenters. The van der Waals surface area contributed by atoms with Crippen LogP contribution in [0.1, 0.15) is 54.3 Å². The molecule has 7 heteroatoms. The molecule has 0 saturated heterocycles. The Labute approximate surface area is 139 Å². The first-order chi connectivity index (χ1) is 10.9. The Balaban J connectivity index is 2.18. The number of primary amides is 1. The largest absolute Gasteiger partial charge is 0.481 e. The normalized spacial score (nSPS) is 20.9. The summed E-state index contributed by atoms with van der Waals surface area (Å²) in [5.41, 5.74) is 5.68. The van der Waals surface area contributed by atoms with Crippen molar-refractivity contribution in [3.8, 4) is 0 Å². The number of hydrogen-bond acceptors (Lipinski definition) is 4. The second-order valence-electron chi connectivity index (χ2n) is 5.89. The third kappa shape index (κ3) is 4.10. The molecule has 126 valence electrons. The van der Waals surface area contributed by atoms with Crippen molar-refractivity contribution >= 4 is 34.1 Å². The van der Waals surface area contributed by atoms with Gasteiger partial charge >= 0.3 is 5.97 Å². The number of rotatable bonds is 6. The van der Waals surface area contributed by atoms with Gasteiger partial charge in [0.15, 0.2) is 0 Å². The Hall–Kier alpha value is -1.89. The van der Waals surface area contributed by atoms with E-state index in [9.17, 15) is 19.5 Å². The van der Waals surface area contributed by atoms with E-state index in [4.69, 9.17) is 5.73 Å². The Kier molecular flexibility index (Phi) is 5.76.